The Morgan fingerprint density at radius 1 is 1.38 bits per heavy atom. The van der Waals surface area contributed by atoms with Gasteiger partial charge in [-0.3, -0.25) is 9.59 Å². The molecule has 0 aliphatic heterocycles. The van der Waals surface area contributed by atoms with Crippen molar-refractivity contribution in [3.63, 3.8) is 0 Å². The summed E-state index contributed by atoms with van der Waals surface area (Å²) >= 11 is 3.35. The number of ether oxygens (including phenoxy) is 1. The summed E-state index contributed by atoms with van der Waals surface area (Å²) in [6.45, 7) is 0.473. The van der Waals surface area contributed by atoms with Gasteiger partial charge in [0, 0.05) is 23.5 Å². The molecule has 1 aliphatic rings. The molecule has 0 bridgehead atoms. The van der Waals surface area contributed by atoms with Crippen molar-refractivity contribution < 1.29 is 14.3 Å². The second-order valence-corrected chi connectivity index (χ2v) is 5.90. The summed E-state index contributed by atoms with van der Waals surface area (Å²) in [6, 6.07) is 5.62. The van der Waals surface area contributed by atoms with E-state index >= 15 is 0 Å². The van der Waals surface area contributed by atoms with Crippen LogP contribution in [0, 0.1) is 0 Å². The molecule has 0 heterocycles. The average molecular weight is 355 g/mol. The van der Waals surface area contributed by atoms with Gasteiger partial charge in [-0.25, -0.2) is 0 Å². The quantitative estimate of drug-likeness (QED) is 0.738. The topological polar surface area (TPSA) is 67.4 Å². The van der Waals surface area contributed by atoms with Crippen LogP contribution in [0.25, 0.3) is 0 Å². The summed E-state index contributed by atoms with van der Waals surface area (Å²) in [5.41, 5.74) is 0.525. The first-order valence-electron chi connectivity index (χ1n) is 7.01. The van der Waals surface area contributed by atoms with Crippen LogP contribution < -0.4 is 15.4 Å². The number of benzene rings is 1. The number of carbonyl (C=O) groups is 2. The van der Waals surface area contributed by atoms with Crippen molar-refractivity contribution in [1.29, 1.82) is 0 Å². The number of hydrogen-bond donors (Lipinski definition) is 2. The van der Waals surface area contributed by atoms with Gasteiger partial charge in [0.15, 0.2) is 0 Å². The van der Waals surface area contributed by atoms with Crippen molar-refractivity contribution in [2.75, 3.05) is 13.7 Å². The number of nitrogens with one attached hydrogen (secondary N) is 2. The maximum absolute atomic E-state index is 12.1. The van der Waals surface area contributed by atoms with Crippen LogP contribution in [0.3, 0.4) is 0 Å². The maximum Gasteiger partial charge on any atom is 0.252 e. The van der Waals surface area contributed by atoms with Crippen molar-refractivity contribution in [2.45, 2.75) is 31.7 Å². The molecule has 1 saturated carbocycles. The van der Waals surface area contributed by atoms with Crippen LogP contribution in [-0.2, 0) is 4.79 Å². The molecule has 2 rings (SSSR count). The van der Waals surface area contributed by atoms with E-state index in [-0.39, 0.29) is 11.8 Å². The molecule has 114 valence electrons. The number of halogens is 1. The molecular formula is C15H19BrN2O3. The summed E-state index contributed by atoms with van der Waals surface area (Å²) in [4.78, 5) is 23.6. The van der Waals surface area contributed by atoms with Crippen molar-refractivity contribution in [3.05, 3.63) is 28.2 Å². The highest BCUT2D eigenvalue weighted by molar-refractivity contribution is 9.10. The molecule has 0 spiro atoms. The number of rotatable bonds is 7. The fraction of sp³-hybridized carbons (Fsp3) is 0.467. The zero-order valence-electron chi connectivity index (χ0n) is 11.9. The Kier molecular flexibility index (Phi) is 5.61. The highest BCUT2D eigenvalue weighted by atomic mass is 79.9. The minimum Gasteiger partial charge on any atom is -0.497 e. The summed E-state index contributed by atoms with van der Waals surface area (Å²) in [6.07, 6.45) is 3.25. The fourth-order valence-electron chi connectivity index (χ4n) is 1.88. The highest BCUT2D eigenvalue weighted by Crippen LogP contribution is 2.22. The third-order valence-electron chi connectivity index (χ3n) is 3.23. The van der Waals surface area contributed by atoms with Crippen LogP contribution in [0.1, 0.15) is 36.0 Å². The van der Waals surface area contributed by atoms with Gasteiger partial charge >= 0.3 is 0 Å². The fourth-order valence-corrected chi connectivity index (χ4v) is 2.31. The molecule has 1 aliphatic carbocycles. The van der Waals surface area contributed by atoms with Crippen LogP contribution >= 0.6 is 15.9 Å². The van der Waals surface area contributed by atoms with Gasteiger partial charge in [0.25, 0.3) is 5.91 Å². The molecule has 2 amide bonds. The van der Waals surface area contributed by atoms with Gasteiger partial charge in [-0.1, -0.05) is 0 Å². The molecule has 6 heteroatoms. The second kappa shape index (κ2) is 7.45. The van der Waals surface area contributed by atoms with Crippen molar-refractivity contribution in [2.24, 2.45) is 0 Å². The SMILES string of the molecule is COc1ccc(Br)c(C(=O)NCCCC(=O)NC2CC2)c1. The predicted molar refractivity (Wildman–Crippen MR) is 83.4 cm³/mol. The van der Waals surface area contributed by atoms with E-state index in [1.165, 1.54) is 0 Å². The van der Waals surface area contributed by atoms with Gasteiger partial charge in [0.1, 0.15) is 5.75 Å². The van der Waals surface area contributed by atoms with Gasteiger partial charge in [0.2, 0.25) is 5.91 Å². The van der Waals surface area contributed by atoms with Crippen LogP contribution in [0.15, 0.2) is 22.7 Å². The number of amides is 2. The number of methoxy groups -OCH3 is 1. The third kappa shape index (κ3) is 5.04. The van der Waals surface area contributed by atoms with Crippen molar-refractivity contribution in [1.82, 2.24) is 10.6 Å². The maximum atomic E-state index is 12.1. The zero-order valence-corrected chi connectivity index (χ0v) is 13.5. The molecule has 2 N–H and O–H groups in total. The summed E-state index contributed by atoms with van der Waals surface area (Å²) in [5.74, 6) is 0.518. The lowest BCUT2D eigenvalue weighted by Crippen LogP contribution is -2.28. The van der Waals surface area contributed by atoms with Crippen LogP contribution in [0.2, 0.25) is 0 Å². The molecule has 0 saturated heterocycles. The lowest BCUT2D eigenvalue weighted by molar-refractivity contribution is -0.121. The zero-order chi connectivity index (χ0) is 15.2. The van der Waals surface area contributed by atoms with E-state index in [2.05, 4.69) is 26.6 Å². The van der Waals surface area contributed by atoms with Crippen LogP contribution in [0.5, 0.6) is 5.75 Å². The minimum atomic E-state index is -0.177. The van der Waals surface area contributed by atoms with E-state index in [1.54, 1.807) is 25.3 Å². The number of hydrogen-bond acceptors (Lipinski definition) is 3. The molecule has 1 aromatic rings. The molecule has 0 aromatic heterocycles. The van der Waals surface area contributed by atoms with Gasteiger partial charge in [-0.2, -0.15) is 0 Å². The Balaban J connectivity index is 1.74. The monoisotopic (exact) mass is 354 g/mol. The molecular weight excluding hydrogens is 336 g/mol. The first kappa shape index (κ1) is 15.8. The second-order valence-electron chi connectivity index (χ2n) is 5.05. The van der Waals surface area contributed by atoms with Crippen LogP contribution in [-0.4, -0.2) is 31.5 Å². The van der Waals surface area contributed by atoms with E-state index in [4.69, 9.17) is 4.74 Å². The molecule has 1 fully saturated rings. The van der Waals surface area contributed by atoms with Crippen LogP contribution in [0.4, 0.5) is 0 Å². The first-order valence-corrected chi connectivity index (χ1v) is 7.80. The van der Waals surface area contributed by atoms with E-state index < -0.39 is 0 Å². The minimum absolute atomic E-state index is 0.0642. The molecule has 21 heavy (non-hydrogen) atoms. The lowest BCUT2D eigenvalue weighted by atomic mass is 10.2. The lowest BCUT2D eigenvalue weighted by Gasteiger charge is -2.08. The van der Waals surface area contributed by atoms with Crippen molar-refractivity contribution in [3.8, 4) is 5.75 Å². The third-order valence-corrected chi connectivity index (χ3v) is 3.92. The molecule has 0 radical (unpaired) electrons. The van der Waals surface area contributed by atoms with E-state index in [9.17, 15) is 9.59 Å². The van der Waals surface area contributed by atoms with E-state index in [0.717, 1.165) is 12.8 Å². The molecule has 1 aromatic carbocycles. The standard InChI is InChI=1S/C15H19BrN2O3/c1-21-11-6-7-13(16)12(9-11)15(20)17-8-2-3-14(19)18-10-4-5-10/h6-7,9-10H,2-5,8H2,1H3,(H,17,20)(H,18,19). The van der Waals surface area contributed by atoms with Gasteiger partial charge < -0.3 is 15.4 Å². The Morgan fingerprint density at radius 2 is 2.14 bits per heavy atom. The Morgan fingerprint density at radius 3 is 2.81 bits per heavy atom. The van der Waals surface area contributed by atoms with E-state index in [0.29, 0.717) is 41.2 Å². The summed E-state index contributed by atoms with van der Waals surface area (Å²) in [7, 11) is 1.56. The Hall–Kier alpha value is -1.56. The average Bonchev–Trinajstić information content (AvgIpc) is 3.27. The molecule has 0 unspecified atom stereocenters. The number of carbonyl (C=O) groups excluding carboxylic acids is 2. The van der Waals surface area contributed by atoms with E-state index in [1.807, 2.05) is 0 Å². The van der Waals surface area contributed by atoms with Gasteiger partial charge in [0.05, 0.1) is 12.7 Å². The van der Waals surface area contributed by atoms with Gasteiger partial charge in [-0.05, 0) is 53.4 Å². The van der Waals surface area contributed by atoms with Crippen molar-refractivity contribution >= 4 is 27.7 Å². The molecule has 0 atom stereocenters. The normalized spacial score (nSPS) is 13.6. The summed E-state index contributed by atoms with van der Waals surface area (Å²) < 4.78 is 5.82. The first-order chi connectivity index (χ1) is 10.1. The Bertz CT molecular complexity index is 530. The largest absolute Gasteiger partial charge is 0.497 e. The smallest absolute Gasteiger partial charge is 0.252 e. The molecule has 5 nitrogen and oxygen atoms in total. The summed E-state index contributed by atoms with van der Waals surface area (Å²) in [5, 5.41) is 5.73. The predicted octanol–water partition coefficient (Wildman–Crippen LogP) is 2.25. The highest BCUT2D eigenvalue weighted by Gasteiger charge is 2.22. The van der Waals surface area contributed by atoms with Gasteiger partial charge in [-0.15, -0.1) is 0 Å². The Labute approximate surface area is 132 Å².